The molecule has 1 saturated heterocycles. The van der Waals surface area contributed by atoms with Crippen LogP contribution in [0.25, 0.3) is 0 Å². The number of carbonyl (C=O) groups excluding carboxylic acids is 1. The average molecular weight is 253 g/mol. The molecule has 1 aromatic rings. The minimum Gasteiger partial charge on any atom is -0.398 e. The predicted molar refractivity (Wildman–Crippen MR) is 67.0 cm³/mol. The maximum atomic E-state index is 13.9. The van der Waals surface area contributed by atoms with Crippen molar-refractivity contribution in [1.82, 2.24) is 0 Å². The molecule has 0 spiro atoms. The lowest BCUT2D eigenvalue weighted by molar-refractivity contribution is 0.100. The van der Waals surface area contributed by atoms with Crippen molar-refractivity contribution in [1.29, 1.82) is 0 Å². The minimum atomic E-state index is -0.653. The second-order valence-corrected chi connectivity index (χ2v) is 4.21. The van der Waals surface area contributed by atoms with Gasteiger partial charge in [0, 0.05) is 25.4 Å². The van der Waals surface area contributed by atoms with Crippen LogP contribution < -0.4 is 16.4 Å². The first-order valence-corrected chi connectivity index (χ1v) is 5.81. The van der Waals surface area contributed by atoms with Gasteiger partial charge in [-0.15, -0.1) is 0 Å². The molecule has 0 atom stereocenters. The molecule has 5 nitrogen and oxygen atoms in total. The number of amides is 1. The van der Waals surface area contributed by atoms with E-state index in [1.807, 2.05) is 4.90 Å². The molecule has 0 aliphatic carbocycles. The number of hydrogen-bond donors (Lipinski definition) is 2. The Morgan fingerprint density at radius 3 is 2.83 bits per heavy atom. The van der Waals surface area contributed by atoms with Crippen molar-refractivity contribution in [3.05, 3.63) is 23.5 Å². The van der Waals surface area contributed by atoms with E-state index >= 15 is 0 Å². The van der Waals surface area contributed by atoms with Crippen molar-refractivity contribution >= 4 is 17.3 Å². The molecular weight excluding hydrogens is 237 g/mol. The summed E-state index contributed by atoms with van der Waals surface area (Å²) >= 11 is 0. The molecule has 6 heteroatoms. The maximum absolute atomic E-state index is 13.9. The summed E-state index contributed by atoms with van der Waals surface area (Å²) in [6.45, 7) is 2.46. The SMILES string of the molecule is NC(=O)c1cc(N2CCCOCC2)c(F)cc1N. The summed E-state index contributed by atoms with van der Waals surface area (Å²) in [5.41, 5.74) is 11.3. The Labute approximate surface area is 104 Å². The fraction of sp³-hybridized carbons (Fsp3) is 0.417. The second kappa shape index (κ2) is 5.22. The first kappa shape index (κ1) is 12.6. The molecular formula is C12H16FN3O2. The van der Waals surface area contributed by atoms with Crippen LogP contribution in [0.4, 0.5) is 15.8 Å². The number of ether oxygens (including phenoxy) is 1. The zero-order chi connectivity index (χ0) is 13.1. The maximum Gasteiger partial charge on any atom is 0.250 e. The van der Waals surface area contributed by atoms with Crippen LogP contribution in [0, 0.1) is 5.82 Å². The number of rotatable bonds is 2. The molecule has 1 aliphatic heterocycles. The molecule has 4 N–H and O–H groups in total. The van der Waals surface area contributed by atoms with E-state index in [2.05, 4.69) is 0 Å². The largest absolute Gasteiger partial charge is 0.398 e. The van der Waals surface area contributed by atoms with E-state index in [-0.39, 0.29) is 11.3 Å². The van der Waals surface area contributed by atoms with Gasteiger partial charge in [-0.2, -0.15) is 0 Å². The summed E-state index contributed by atoms with van der Waals surface area (Å²) in [7, 11) is 0. The number of benzene rings is 1. The van der Waals surface area contributed by atoms with E-state index in [4.69, 9.17) is 16.2 Å². The van der Waals surface area contributed by atoms with Crippen LogP contribution in [-0.2, 0) is 4.74 Å². The minimum absolute atomic E-state index is 0.0646. The summed E-state index contributed by atoms with van der Waals surface area (Å²) in [6.07, 6.45) is 0.815. The fourth-order valence-electron chi connectivity index (χ4n) is 2.02. The molecule has 2 rings (SSSR count). The fourth-order valence-corrected chi connectivity index (χ4v) is 2.02. The van der Waals surface area contributed by atoms with Gasteiger partial charge in [-0.05, 0) is 18.6 Å². The van der Waals surface area contributed by atoms with Gasteiger partial charge in [0.15, 0.2) is 0 Å². The number of carbonyl (C=O) groups is 1. The van der Waals surface area contributed by atoms with E-state index in [0.29, 0.717) is 32.0 Å². The molecule has 0 unspecified atom stereocenters. The van der Waals surface area contributed by atoms with Gasteiger partial charge in [-0.1, -0.05) is 0 Å². The molecule has 0 aromatic heterocycles. The number of halogens is 1. The Morgan fingerprint density at radius 1 is 1.33 bits per heavy atom. The van der Waals surface area contributed by atoms with Crippen LogP contribution in [0.5, 0.6) is 0 Å². The summed E-state index contributed by atoms with van der Waals surface area (Å²) in [6, 6.07) is 2.56. The van der Waals surface area contributed by atoms with Gasteiger partial charge in [0.1, 0.15) is 5.82 Å². The third-order valence-electron chi connectivity index (χ3n) is 2.95. The van der Waals surface area contributed by atoms with Gasteiger partial charge in [-0.3, -0.25) is 4.79 Å². The van der Waals surface area contributed by atoms with Gasteiger partial charge in [0.2, 0.25) is 0 Å². The van der Waals surface area contributed by atoms with Crippen molar-refractivity contribution < 1.29 is 13.9 Å². The molecule has 18 heavy (non-hydrogen) atoms. The standard InChI is InChI=1S/C12H16FN3O2/c13-9-7-10(14)8(12(15)17)6-11(9)16-2-1-4-18-5-3-16/h6-7H,1-5,14H2,(H2,15,17). The van der Waals surface area contributed by atoms with E-state index in [0.717, 1.165) is 12.5 Å². The number of nitrogen functional groups attached to an aromatic ring is 1. The molecule has 0 saturated carbocycles. The van der Waals surface area contributed by atoms with Gasteiger partial charge in [-0.25, -0.2) is 4.39 Å². The van der Waals surface area contributed by atoms with Crippen molar-refractivity contribution in [3.63, 3.8) is 0 Å². The summed E-state index contributed by atoms with van der Waals surface area (Å²) in [5.74, 6) is -1.10. The normalized spacial score (nSPS) is 16.4. The van der Waals surface area contributed by atoms with Crippen molar-refractivity contribution in [2.24, 2.45) is 5.73 Å². The third-order valence-corrected chi connectivity index (χ3v) is 2.95. The second-order valence-electron chi connectivity index (χ2n) is 4.21. The number of primary amides is 1. The Morgan fingerprint density at radius 2 is 2.11 bits per heavy atom. The van der Waals surface area contributed by atoms with E-state index < -0.39 is 11.7 Å². The van der Waals surface area contributed by atoms with E-state index in [1.54, 1.807) is 0 Å². The lowest BCUT2D eigenvalue weighted by Crippen LogP contribution is -2.27. The number of anilines is 2. The topological polar surface area (TPSA) is 81.6 Å². The Hall–Kier alpha value is -1.82. The summed E-state index contributed by atoms with van der Waals surface area (Å²) in [4.78, 5) is 13.1. The Balaban J connectivity index is 2.36. The van der Waals surface area contributed by atoms with E-state index in [9.17, 15) is 9.18 Å². The lowest BCUT2D eigenvalue weighted by Gasteiger charge is -2.23. The highest BCUT2D eigenvalue weighted by atomic mass is 19.1. The quantitative estimate of drug-likeness (QED) is 0.761. The highest BCUT2D eigenvalue weighted by Gasteiger charge is 2.18. The molecule has 0 bridgehead atoms. The predicted octanol–water partition coefficient (Wildman–Crippen LogP) is 0.733. The van der Waals surface area contributed by atoms with Gasteiger partial charge in [0.25, 0.3) is 5.91 Å². The van der Waals surface area contributed by atoms with Crippen molar-refractivity contribution in [3.8, 4) is 0 Å². The van der Waals surface area contributed by atoms with E-state index in [1.165, 1.54) is 6.07 Å². The third kappa shape index (κ3) is 2.53. The highest BCUT2D eigenvalue weighted by Crippen LogP contribution is 2.26. The number of nitrogens with zero attached hydrogens (tertiary/aromatic N) is 1. The van der Waals surface area contributed by atoms with Crippen molar-refractivity contribution in [2.45, 2.75) is 6.42 Å². The van der Waals surface area contributed by atoms with Crippen LogP contribution in [-0.4, -0.2) is 32.2 Å². The molecule has 1 aliphatic rings. The molecule has 0 radical (unpaired) electrons. The lowest BCUT2D eigenvalue weighted by atomic mass is 10.1. The smallest absolute Gasteiger partial charge is 0.250 e. The van der Waals surface area contributed by atoms with Gasteiger partial charge < -0.3 is 21.1 Å². The van der Waals surface area contributed by atoms with Crippen molar-refractivity contribution in [2.75, 3.05) is 36.9 Å². The zero-order valence-electron chi connectivity index (χ0n) is 9.99. The van der Waals surface area contributed by atoms with Gasteiger partial charge in [0.05, 0.1) is 17.9 Å². The zero-order valence-corrected chi connectivity index (χ0v) is 9.99. The van der Waals surface area contributed by atoms with Crippen LogP contribution >= 0.6 is 0 Å². The molecule has 1 aromatic carbocycles. The van der Waals surface area contributed by atoms with Crippen LogP contribution in [0.1, 0.15) is 16.8 Å². The molecule has 1 heterocycles. The first-order chi connectivity index (χ1) is 8.59. The first-order valence-electron chi connectivity index (χ1n) is 5.81. The Bertz CT molecular complexity index is 457. The van der Waals surface area contributed by atoms with Gasteiger partial charge >= 0.3 is 0 Å². The summed E-state index contributed by atoms with van der Waals surface area (Å²) in [5, 5.41) is 0. The number of nitrogens with two attached hydrogens (primary N) is 2. The van der Waals surface area contributed by atoms with Crippen LogP contribution in [0.15, 0.2) is 12.1 Å². The highest BCUT2D eigenvalue weighted by molar-refractivity contribution is 5.99. The molecule has 1 amide bonds. The van der Waals surface area contributed by atoms with Crippen LogP contribution in [0.2, 0.25) is 0 Å². The average Bonchev–Trinajstić information content (AvgIpc) is 2.57. The molecule has 98 valence electrons. The Kier molecular flexibility index (Phi) is 3.66. The number of hydrogen-bond acceptors (Lipinski definition) is 4. The monoisotopic (exact) mass is 253 g/mol. The summed E-state index contributed by atoms with van der Waals surface area (Å²) < 4.78 is 19.2. The molecule has 1 fully saturated rings. The van der Waals surface area contributed by atoms with Crippen LogP contribution in [0.3, 0.4) is 0 Å².